The minimum Gasteiger partial charge on any atom is -0.493 e. The molecule has 0 spiro atoms. The number of halogens is 4. The summed E-state index contributed by atoms with van der Waals surface area (Å²) >= 11 is 0. The Bertz CT molecular complexity index is 1640. The monoisotopic (exact) mass is 625 g/mol. The van der Waals surface area contributed by atoms with Gasteiger partial charge in [0.2, 0.25) is 0 Å². The van der Waals surface area contributed by atoms with Crippen LogP contribution in [0, 0.1) is 5.82 Å². The van der Waals surface area contributed by atoms with E-state index in [1.165, 1.54) is 68.8 Å². The number of methoxy groups -OCH3 is 2. The maximum atomic E-state index is 13.7. The second-order valence-electron chi connectivity index (χ2n) is 10.2. The average Bonchev–Trinajstić information content (AvgIpc) is 3.00. The van der Waals surface area contributed by atoms with Crippen LogP contribution in [0.25, 0.3) is 0 Å². The van der Waals surface area contributed by atoms with Gasteiger partial charge in [0.15, 0.2) is 11.5 Å². The first kappa shape index (κ1) is 32.6. The molecule has 0 aromatic heterocycles. The summed E-state index contributed by atoms with van der Waals surface area (Å²) in [7, 11) is 2.96. The highest BCUT2D eigenvalue weighted by Crippen LogP contribution is 2.35. The van der Waals surface area contributed by atoms with Gasteiger partial charge in [0.05, 0.1) is 25.3 Å². The molecule has 4 aromatic rings. The zero-order valence-electron chi connectivity index (χ0n) is 24.8. The van der Waals surface area contributed by atoms with Crippen molar-refractivity contribution in [2.75, 3.05) is 24.9 Å². The van der Waals surface area contributed by atoms with Gasteiger partial charge in [-0.15, -0.1) is 0 Å². The summed E-state index contributed by atoms with van der Waals surface area (Å²) in [6, 6.07) is 18.0. The molecule has 0 bridgehead atoms. The highest BCUT2D eigenvalue weighted by Gasteiger charge is 2.31. The van der Waals surface area contributed by atoms with E-state index < -0.39 is 35.6 Å². The largest absolute Gasteiger partial charge is 0.493 e. The molecule has 1 atom stereocenters. The summed E-state index contributed by atoms with van der Waals surface area (Å²) < 4.78 is 70.2. The maximum Gasteiger partial charge on any atom is 0.416 e. The molecule has 45 heavy (non-hydrogen) atoms. The van der Waals surface area contributed by atoms with Crippen LogP contribution in [-0.4, -0.2) is 32.2 Å². The number of alkyl halides is 3. The van der Waals surface area contributed by atoms with Crippen molar-refractivity contribution in [3.63, 3.8) is 0 Å². The second kappa shape index (κ2) is 14.0. The van der Waals surface area contributed by atoms with Gasteiger partial charge in [0, 0.05) is 23.5 Å². The van der Waals surface area contributed by atoms with E-state index >= 15 is 0 Å². The van der Waals surface area contributed by atoms with Crippen molar-refractivity contribution >= 4 is 23.3 Å². The average molecular weight is 626 g/mol. The van der Waals surface area contributed by atoms with Gasteiger partial charge in [-0.05, 0) is 79.6 Å². The summed E-state index contributed by atoms with van der Waals surface area (Å²) in [6.45, 7) is 3.53. The maximum absolute atomic E-state index is 13.7. The van der Waals surface area contributed by atoms with Crippen LogP contribution in [0.5, 0.6) is 17.2 Å². The van der Waals surface area contributed by atoms with Crippen LogP contribution in [0.4, 0.5) is 33.7 Å². The molecule has 0 aliphatic rings. The van der Waals surface area contributed by atoms with Crippen molar-refractivity contribution in [1.29, 1.82) is 0 Å². The van der Waals surface area contributed by atoms with E-state index in [1.54, 1.807) is 32.0 Å². The molecular weight excluding hydrogens is 594 g/mol. The van der Waals surface area contributed by atoms with Crippen molar-refractivity contribution in [2.24, 2.45) is 0 Å². The Morgan fingerprint density at radius 1 is 0.711 bits per heavy atom. The van der Waals surface area contributed by atoms with Crippen LogP contribution < -0.4 is 30.2 Å². The first-order valence-electron chi connectivity index (χ1n) is 13.7. The molecular formula is C33H31F4N3O5. The predicted octanol–water partition coefficient (Wildman–Crippen LogP) is 7.81. The number of benzene rings is 4. The second-order valence-corrected chi connectivity index (χ2v) is 10.2. The standard InChI is InChI=1S/C33H31F4N3O5/c1-19(2)38-31(41)26-17-24(39-32(42)40-25-14-16-28(43-3)29(18-25)44-4)13-15-27(26)45-30(21-7-11-23(34)12-8-21)20-5-9-22(10-6-20)33(35,36)37/h5-19,30H,1-4H3,(H,38,41)(H2,39,40,42). The van der Waals surface area contributed by atoms with E-state index in [2.05, 4.69) is 16.0 Å². The van der Waals surface area contributed by atoms with Crippen LogP contribution in [0.15, 0.2) is 84.9 Å². The van der Waals surface area contributed by atoms with Gasteiger partial charge in [0.1, 0.15) is 17.7 Å². The van der Waals surface area contributed by atoms with Gasteiger partial charge in [-0.2, -0.15) is 13.2 Å². The van der Waals surface area contributed by atoms with E-state index in [-0.39, 0.29) is 23.0 Å². The number of anilines is 2. The van der Waals surface area contributed by atoms with Gasteiger partial charge < -0.3 is 30.2 Å². The molecule has 12 heteroatoms. The lowest BCUT2D eigenvalue weighted by Crippen LogP contribution is -2.30. The number of rotatable bonds is 10. The SMILES string of the molecule is COc1ccc(NC(=O)Nc2ccc(OC(c3ccc(F)cc3)c3ccc(C(F)(F)F)cc3)c(C(=O)NC(C)C)c2)cc1OC. The fourth-order valence-corrected chi connectivity index (χ4v) is 4.38. The Hall–Kier alpha value is -5.26. The van der Waals surface area contributed by atoms with E-state index in [4.69, 9.17) is 14.2 Å². The van der Waals surface area contributed by atoms with Gasteiger partial charge >= 0.3 is 12.2 Å². The summed E-state index contributed by atoms with van der Waals surface area (Å²) in [5, 5.41) is 8.13. The van der Waals surface area contributed by atoms with E-state index in [1.807, 2.05) is 0 Å². The summed E-state index contributed by atoms with van der Waals surface area (Å²) in [6.07, 6.45) is -5.55. The Morgan fingerprint density at radius 2 is 1.24 bits per heavy atom. The lowest BCUT2D eigenvalue weighted by Gasteiger charge is -2.23. The van der Waals surface area contributed by atoms with Crippen LogP contribution in [0.1, 0.15) is 47.0 Å². The molecule has 0 heterocycles. The lowest BCUT2D eigenvalue weighted by atomic mass is 9.99. The Balaban J connectivity index is 1.66. The summed E-state index contributed by atoms with van der Waals surface area (Å²) in [5.41, 5.74) is 0.641. The minimum absolute atomic E-state index is 0.0478. The molecule has 4 aromatic carbocycles. The lowest BCUT2D eigenvalue weighted by molar-refractivity contribution is -0.137. The van der Waals surface area contributed by atoms with Gasteiger partial charge in [-0.25, -0.2) is 9.18 Å². The summed E-state index contributed by atoms with van der Waals surface area (Å²) in [5.74, 6) is -0.0607. The van der Waals surface area contributed by atoms with E-state index in [0.29, 0.717) is 28.3 Å². The minimum atomic E-state index is -4.54. The molecule has 8 nitrogen and oxygen atoms in total. The van der Waals surface area contributed by atoms with Crippen molar-refractivity contribution in [3.8, 4) is 17.2 Å². The fraction of sp³-hybridized carbons (Fsp3) is 0.212. The summed E-state index contributed by atoms with van der Waals surface area (Å²) in [4.78, 5) is 26.1. The zero-order valence-corrected chi connectivity index (χ0v) is 24.8. The third-order valence-corrected chi connectivity index (χ3v) is 6.50. The van der Waals surface area contributed by atoms with Gasteiger partial charge in [-0.3, -0.25) is 4.79 Å². The number of amides is 3. The number of nitrogens with one attached hydrogen (secondary N) is 3. The van der Waals surface area contributed by atoms with Crippen LogP contribution in [0.3, 0.4) is 0 Å². The van der Waals surface area contributed by atoms with Crippen LogP contribution >= 0.6 is 0 Å². The van der Waals surface area contributed by atoms with Gasteiger partial charge in [-0.1, -0.05) is 24.3 Å². The number of hydrogen-bond acceptors (Lipinski definition) is 5. The third-order valence-electron chi connectivity index (χ3n) is 6.50. The highest BCUT2D eigenvalue weighted by atomic mass is 19.4. The third kappa shape index (κ3) is 8.43. The number of carbonyl (C=O) groups is 2. The van der Waals surface area contributed by atoms with Crippen molar-refractivity contribution in [2.45, 2.75) is 32.2 Å². The van der Waals surface area contributed by atoms with Crippen LogP contribution in [0.2, 0.25) is 0 Å². The number of hydrogen-bond donors (Lipinski definition) is 3. The number of carbonyl (C=O) groups excluding carboxylic acids is 2. The number of urea groups is 1. The normalized spacial score (nSPS) is 11.8. The molecule has 0 radical (unpaired) electrons. The highest BCUT2D eigenvalue weighted by molar-refractivity contribution is 6.02. The topological polar surface area (TPSA) is 97.9 Å². The zero-order chi connectivity index (χ0) is 32.7. The first-order valence-corrected chi connectivity index (χ1v) is 13.7. The van der Waals surface area contributed by atoms with Crippen molar-refractivity contribution < 1.29 is 41.4 Å². The molecule has 0 saturated carbocycles. The Morgan fingerprint density at radius 3 is 1.78 bits per heavy atom. The van der Waals surface area contributed by atoms with Crippen LogP contribution in [-0.2, 0) is 6.18 Å². The smallest absolute Gasteiger partial charge is 0.416 e. The molecule has 3 N–H and O–H groups in total. The van der Waals surface area contributed by atoms with E-state index in [0.717, 1.165) is 12.1 Å². The molecule has 1 unspecified atom stereocenters. The van der Waals surface area contributed by atoms with E-state index in [9.17, 15) is 27.2 Å². The van der Waals surface area contributed by atoms with Gasteiger partial charge in [0.25, 0.3) is 5.91 Å². The molecule has 4 rings (SSSR count). The number of ether oxygens (including phenoxy) is 3. The van der Waals surface area contributed by atoms with Crippen molar-refractivity contribution in [3.05, 3.63) is 113 Å². The van der Waals surface area contributed by atoms with Crippen molar-refractivity contribution in [1.82, 2.24) is 5.32 Å². The fourth-order valence-electron chi connectivity index (χ4n) is 4.38. The molecule has 0 fully saturated rings. The quantitative estimate of drug-likeness (QED) is 0.156. The molecule has 0 aliphatic heterocycles. The Kier molecular flexibility index (Phi) is 10.2. The first-order chi connectivity index (χ1) is 21.4. The molecule has 3 amide bonds. The Labute approximate surface area is 257 Å². The molecule has 0 aliphatic carbocycles. The molecule has 0 saturated heterocycles. The molecule has 236 valence electrons. The predicted molar refractivity (Wildman–Crippen MR) is 162 cm³/mol.